The van der Waals surface area contributed by atoms with Crippen LogP contribution in [0.2, 0.25) is 5.02 Å². The Hall–Kier alpha value is -1.26. The van der Waals surface area contributed by atoms with Crippen LogP contribution >= 0.6 is 27.5 Å². The normalized spacial score (nSPS) is 10.3. The lowest BCUT2D eigenvalue weighted by molar-refractivity contribution is 0.459. The Morgan fingerprint density at radius 3 is 2.88 bits per heavy atom. The molecular formula is C12H10BrClN2O. The maximum Gasteiger partial charge on any atom is 0.233 e. The number of ether oxygens (including phenoxy) is 1. The SMILES string of the molecule is Cc1c(N)cnc(Oc2cccc(Cl)c2)c1Br. The third kappa shape index (κ3) is 2.70. The minimum absolute atomic E-state index is 0.471. The molecule has 88 valence electrons. The van der Waals surface area contributed by atoms with Crippen molar-refractivity contribution in [3.8, 4) is 11.6 Å². The quantitative estimate of drug-likeness (QED) is 0.904. The average molecular weight is 314 g/mol. The van der Waals surface area contributed by atoms with Crippen molar-refractivity contribution in [3.63, 3.8) is 0 Å². The van der Waals surface area contributed by atoms with E-state index in [1.807, 2.05) is 19.1 Å². The summed E-state index contributed by atoms with van der Waals surface area (Å²) in [4.78, 5) is 4.13. The average Bonchev–Trinajstić information content (AvgIpc) is 2.30. The number of nitrogen functional groups attached to an aromatic ring is 1. The summed E-state index contributed by atoms with van der Waals surface area (Å²) in [5.74, 6) is 1.11. The van der Waals surface area contributed by atoms with E-state index in [1.165, 1.54) is 0 Å². The number of aromatic nitrogens is 1. The lowest BCUT2D eigenvalue weighted by atomic mass is 10.2. The molecule has 17 heavy (non-hydrogen) atoms. The van der Waals surface area contributed by atoms with E-state index in [9.17, 15) is 0 Å². The predicted octanol–water partition coefficient (Wildman–Crippen LogP) is 4.18. The third-order valence-corrected chi connectivity index (χ3v) is 3.45. The number of anilines is 1. The summed E-state index contributed by atoms with van der Waals surface area (Å²) in [7, 11) is 0. The van der Waals surface area contributed by atoms with Crippen LogP contribution in [0, 0.1) is 6.92 Å². The zero-order valence-corrected chi connectivity index (χ0v) is 11.4. The van der Waals surface area contributed by atoms with E-state index in [0.717, 1.165) is 10.0 Å². The van der Waals surface area contributed by atoms with E-state index in [0.29, 0.717) is 22.3 Å². The molecule has 0 fully saturated rings. The van der Waals surface area contributed by atoms with Crippen molar-refractivity contribution < 1.29 is 4.74 Å². The number of nitrogens with zero attached hydrogens (tertiary/aromatic N) is 1. The highest BCUT2D eigenvalue weighted by Crippen LogP contribution is 2.33. The highest BCUT2D eigenvalue weighted by atomic mass is 79.9. The van der Waals surface area contributed by atoms with Gasteiger partial charge < -0.3 is 10.5 Å². The second-order valence-electron chi connectivity index (χ2n) is 3.52. The van der Waals surface area contributed by atoms with Crippen molar-refractivity contribution in [2.45, 2.75) is 6.92 Å². The van der Waals surface area contributed by atoms with Gasteiger partial charge in [-0.2, -0.15) is 0 Å². The van der Waals surface area contributed by atoms with Gasteiger partial charge in [0.15, 0.2) is 0 Å². The van der Waals surface area contributed by atoms with Crippen LogP contribution in [-0.2, 0) is 0 Å². The van der Waals surface area contributed by atoms with Gasteiger partial charge in [0.2, 0.25) is 5.88 Å². The minimum atomic E-state index is 0.471. The highest BCUT2D eigenvalue weighted by molar-refractivity contribution is 9.10. The Bertz CT molecular complexity index is 560. The molecule has 1 aromatic carbocycles. The second-order valence-corrected chi connectivity index (χ2v) is 4.75. The summed E-state index contributed by atoms with van der Waals surface area (Å²) >= 11 is 9.28. The van der Waals surface area contributed by atoms with Gasteiger partial charge in [-0.3, -0.25) is 0 Å². The molecule has 0 bridgehead atoms. The number of nitrogens with two attached hydrogens (primary N) is 1. The van der Waals surface area contributed by atoms with E-state index in [2.05, 4.69) is 20.9 Å². The lowest BCUT2D eigenvalue weighted by Gasteiger charge is -2.09. The number of pyridine rings is 1. The van der Waals surface area contributed by atoms with Crippen molar-refractivity contribution in [2.24, 2.45) is 0 Å². The van der Waals surface area contributed by atoms with Gasteiger partial charge in [-0.05, 0) is 46.6 Å². The van der Waals surface area contributed by atoms with Gasteiger partial charge >= 0.3 is 0 Å². The summed E-state index contributed by atoms with van der Waals surface area (Å²) in [5, 5.41) is 0.616. The molecule has 0 amide bonds. The minimum Gasteiger partial charge on any atom is -0.438 e. The molecule has 0 spiro atoms. The first kappa shape index (κ1) is 12.2. The number of benzene rings is 1. The Kier molecular flexibility index (Phi) is 3.54. The molecule has 0 radical (unpaired) electrons. The number of hydrogen-bond donors (Lipinski definition) is 1. The largest absolute Gasteiger partial charge is 0.438 e. The monoisotopic (exact) mass is 312 g/mol. The fraction of sp³-hybridized carbons (Fsp3) is 0.0833. The first-order valence-electron chi connectivity index (χ1n) is 4.92. The molecule has 0 unspecified atom stereocenters. The fourth-order valence-corrected chi connectivity index (χ4v) is 1.87. The fourth-order valence-electron chi connectivity index (χ4n) is 1.28. The zero-order valence-electron chi connectivity index (χ0n) is 9.08. The molecule has 3 nitrogen and oxygen atoms in total. The lowest BCUT2D eigenvalue weighted by Crippen LogP contribution is -1.96. The molecule has 0 saturated heterocycles. The van der Waals surface area contributed by atoms with Gasteiger partial charge in [0.25, 0.3) is 0 Å². The van der Waals surface area contributed by atoms with Gasteiger partial charge in [-0.15, -0.1) is 0 Å². The van der Waals surface area contributed by atoms with Crippen LogP contribution in [0.25, 0.3) is 0 Å². The third-order valence-electron chi connectivity index (χ3n) is 2.28. The van der Waals surface area contributed by atoms with Crippen LogP contribution in [0.3, 0.4) is 0 Å². The van der Waals surface area contributed by atoms with Gasteiger partial charge in [0.05, 0.1) is 16.4 Å². The maximum absolute atomic E-state index is 5.88. The Balaban J connectivity index is 2.34. The van der Waals surface area contributed by atoms with Gasteiger partial charge in [-0.25, -0.2) is 4.98 Å². The van der Waals surface area contributed by atoms with Crippen molar-refractivity contribution in [1.82, 2.24) is 4.98 Å². The maximum atomic E-state index is 5.88. The smallest absolute Gasteiger partial charge is 0.233 e. The summed E-state index contributed by atoms with van der Waals surface area (Å²) in [6.07, 6.45) is 1.57. The molecule has 0 aliphatic heterocycles. The van der Waals surface area contributed by atoms with Crippen LogP contribution in [0.15, 0.2) is 34.9 Å². The predicted molar refractivity (Wildman–Crippen MR) is 72.6 cm³/mol. The van der Waals surface area contributed by atoms with Crippen LogP contribution < -0.4 is 10.5 Å². The number of hydrogen-bond acceptors (Lipinski definition) is 3. The van der Waals surface area contributed by atoms with E-state index < -0.39 is 0 Å². The number of rotatable bonds is 2. The summed E-state index contributed by atoms with van der Waals surface area (Å²) in [6.45, 7) is 1.89. The van der Waals surface area contributed by atoms with Crippen molar-refractivity contribution >= 4 is 33.2 Å². The topological polar surface area (TPSA) is 48.1 Å². The molecule has 2 N–H and O–H groups in total. The first-order valence-corrected chi connectivity index (χ1v) is 6.09. The molecular weight excluding hydrogens is 304 g/mol. The first-order chi connectivity index (χ1) is 8.08. The van der Waals surface area contributed by atoms with Crippen LogP contribution in [-0.4, -0.2) is 4.98 Å². The van der Waals surface area contributed by atoms with Gasteiger partial charge in [-0.1, -0.05) is 17.7 Å². The Morgan fingerprint density at radius 2 is 2.18 bits per heavy atom. The van der Waals surface area contributed by atoms with Crippen LogP contribution in [0.5, 0.6) is 11.6 Å². The van der Waals surface area contributed by atoms with E-state index in [4.69, 9.17) is 22.1 Å². The molecule has 1 heterocycles. The molecule has 1 aromatic heterocycles. The van der Waals surface area contributed by atoms with Crippen LogP contribution in [0.4, 0.5) is 5.69 Å². The molecule has 2 rings (SSSR count). The molecule has 0 aliphatic rings. The van der Waals surface area contributed by atoms with Crippen molar-refractivity contribution in [3.05, 3.63) is 45.5 Å². The zero-order chi connectivity index (χ0) is 12.4. The summed E-state index contributed by atoms with van der Waals surface area (Å²) < 4.78 is 6.38. The Labute approximate surface area is 113 Å². The number of halogens is 2. The molecule has 0 atom stereocenters. The van der Waals surface area contributed by atoms with Crippen LogP contribution in [0.1, 0.15) is 5.56 Å². The van der Waals surface area contributed by atoms with E-state index in [1.54, 1.807) is 18.3 Å². The van der Waals surface area contributed by atoms with Gasteiger partial charge in [0, 0.05) is 5.02 Å². The highest BCUT2D eigenvalue weighted by Gasteiger charge is 2.09. The van der Waals surface area contributed by atoms with Gasteiger partial charge in [0.1, 0.15) is 5.75 Å². The molecule has 0 aliphatic carbocycles. The standard InChI is InChI=1S/C12H10BrClN2O/c1-7-10(15)6-16-12(11(7)13)17-9-4-2-3-8(14)5-9/h2-6H,15H2,1H3. The van der Waals surface area contributed by atoms with Crippen molar-refractivity contribution in [1.29, 1.82) is 0 Å². The molecule has 2 aromatic rings. The summed E-state index contributed by atoms with van der Waals surface area (Å²) in [6, 6.07) is 7.13. The molecule has 5 heteroatoms. The van der Waals surface area contributed by atoms with E-state index in [-0.39, 0.29) is 0 Å². The van der Waals surface area contributed by atoms with E-state index >= 15 is 0 Å². The second kappa shape index (κ2) is 4.94. The van der Waals surface area contributed by atoms with Crippen molar-refractivity contribution in [2.75, 3.05) is 5.73 Å². The Morgan fingerprint density at radius 1 is 1.41 bits per heavy atom. The summed E-state index contributed by atoms with van der Waals surface area (Å²) in [5.41, 5.74) is 7.26. The molecule has 0 saturated carbocycles.